The second-order valence-electron chi connectivity index (χ2n) is 7.64. The Morgan fingerprint density at radius 1 is 1.27 bits per heavy atom. The lowest BCUT2D eigenvalue weighted by Gasteiger charge is -2.26. The molecular formula is C18H28N2O4S2. The predicted molar refractivity (Wildman–Crippen MR) is 106 cm³/mol. The van der Waals surface area contributed by atoms with E-state index in [1.807, 2.05) is 44.3 Å². The Morgan fingerprint density at radius 2 is 1.92 bits per heavy atom. The molecule has 0 radical (unpaired) electrons. The van der Waals surface area contributed by atoms with E-state index in [1.165, 1.54) is 28.1 Å². The molecule has 0 bridgehead atoms. The van der Waals surface area contributed by atoms with E-state index in [2.05, 4.69) is 5.32 Å². The summed E-state index contributed by atoms with van der Waals surface area (Å²) < 4.78 is 6.72. The van der Waals surface area contributed by atoms with Crippen molar-refractivity contribution in [2.75, 3.05) is 18.1 Å². The summed E-state index contributed by atoms with van der Waals surface area (Å²) in [5.74, 6) is 1.96. The average Bonchev–Trinajstić information content (AvgIpc) is 2.93. The first-order chi connectivity index (χ1) is 12.2. The van der Waals surface area contributed by atoms with Crippen LogP contribution in [0.2, 0.25) is 0 Å². The van der Waals surface area contributed by atoms with Gasteiger partial charge in [-0.05, 0) is 57.1 Å². The van der Waals surface area contributed by atoms with Crippen molar-refractivity contribution < 1.29 is 19.1 Å². The van der Waals surface area contributed by atoms with Crippen LogP contribution in [-0.4, -0.2) is 53.0 Å². The van der Waals surface area contributed by atoms with Crippen LogP contribution in [0.3, 0.4) is 0 Å². The summed E-state index contributed by atoms with van der Waals surface area (Å²) in [5.41, 5.74) is 0.753. The van der Waals surface area contributed by atoms with Crippen LogP contribution in [0.5, 0.6) is 0 Å². The first-order valence-electron chi connectivity index (χ1n) is 8.89. The Hall–Kier alpha value is -1.15. The number of ether oxygens (including phenoxy) is 1. The van der Waals surface area contributed by atoms with Gasteiger partial charge in [-0.25, -0.2) is 4.79 Å². The number of nitrogens with one attached hydrogen (secondary N) is 1. The predicted octanol–water partition coefficient (Wildman–Crippen LogP) is 3.38. The SMILES string of the molecule is CC(=O)N(C=O)C[C@H]1CC(=C2SCCCS2)C[C@@H]1NC(=O)OC(C)(C)C. The molecule has 0 unspecified atom stereocenters. The third-order valence-corrected chi connectivity index (χ3v) is 7.05. The maximum atomic E-state index is 12.2. The zero-order valence-corrected chi connectivity index (χ0v) is 17.5. The third kappa shape index (κ3) is 6.23. The van der Waals surface area contributed by atoms with Gasteiger partial charge in [0.2, 0.25) is 12.3 Å². The van der Waals surface area contributed by atoms with E-state index in [4.69, 9.17) is 4.74 Å². The van der Waals surface area contributed by atoms with Gasteiger partial charge in [-0.1, -0.05) is 0 Å². The number of carbonyl (C=O) groups excluding carboxylic acids is 3. The normalized spacial score (nSPS) is 23.5. The molecule has 0 aromatic heterocycles. The van der Waals surface area contributed by atoms with Crippen molar-refractivity contribution in [1.82, 2.24) is 10.2 Å². The maximum absolute atomic E-state index is 12.2. The van der Waals surface area contributed by atoms with Crippen LogP contribution in [0, 0.1) is 5.92 Å². The van der Waals surface area contributed by atoms with Crippen LogP contribution in [0.25, 0.3) is 0 Å². The van der Waals surface area contributed by atoms with Crippen molar-refractivity contribution in [2.45, 2.75) is 58.6 Å². The molecule has 2 aliphatic rings. The Labute approximate surface area is 163 Å². The summed E-state index contributed by atoms with van der Waals surface area (Å²) in [7, 11) is 0. The first-order valence-corrected chi connectivity index (χ1v) is 10.9. The molecule has 1 N–H and O–H groups in total. The summed E-state index contributed by atoms with van der Waals surface area (Å²) in [5, 5.41) is 2.96. The standard InChI is InChI=1S/C18H28N2O4S2/c1-12(22)20(11-21)10-14-8-13(16-25-6-5-7-26-16)9-15(14)19-17(23)24-18(2,3)4/h11,14-15H,5-10H2,1-4H3,(H,19,23)/t14-,15+/m1/s1. The molecule has 2 fully saturated rings. The fraction of sp³-hybridized carbons (Fsp3) is 0.722. The van der Waals surface area contributed by atoms with Crippen LogP contribution in [0.15, 0.2) is 9.81 Å². The number of hydrogen-bond donors (Lipinski definition) is 1. The lowest BCUT2D eigenvalue weighted by atomic mass is 10.0. The Balaban J connectivity index is 2.12. The van der Waals surface area contributed by atoms with E-state index in [1.54, 1.807) is 0 Å². The minimum absolute atomic E-state index is 0.00208. The number of rotatable bonds is 4. The molecule has 3 amide bonds. The fourth-order valence-corrected chi connectivity index (χ4v) is 5.80. The highest BCUT2D eigenvalue weighted by Gasteiger charge is 2.36. The minimum Gasteiger partial charge on any atom is -0.444 e. The van der Waals surface area contributed by atoms with Crippen LogP contribution in [0.1, 0.15) is 47.0 Å². The van der Waals surface area contributed by atoms with E-state index in [0.29, 0.717) is 13.0 Å². The van der Waals surface area contributed by atoms with Crippen molar-refractivity contribution >= 4 is 41.9 Å². The summed E-state index contributed by atoms with van der Waals surface area (Å²) in [6.45, 7) is 7.17. The zero-order valence-electron chi connectivity index (χ0n) is 15.9. The molecule has 6 nitrogen and oxygen atoms in total. The number of alkyl carbamates (subject to hydrolysis) is 1. The quantitative estimate of drug-likeness (QED) is 0.729. The number of imide groups is 1. The number of thioether (sulfide) groups is 2. The van der Waals surface area contributed by atoms with E-state index in [0.717, 1.165) is 24.3 Å². The molecule has 0 spiro atoms. The molecule has 2 rings (SSSR count). The Bertz CT molecular complexity index is 578. The Kier molecular flexibility index (Phi) is 7.46. The largest absolute Gasteiger partial charge is 0.444 e. The van der Waals surface area contributed by atoms with Gasteiger partial charge < -0.3 is 10.1 Å². The van der Waals surface area contributed by atoms with Gasteiger partial charge in [-0.3, -0.25) is 14.5 Å². The molecule has 1 saturated heterocycles. The fourth-order valence-electron chi connectivity index (χ4n) is 3.09. The van der Waals surface area contributed by atoms with Crippen LogP contribution in [-0.2, 0) is 14.3 Å². The van der Waals surface area contributed by atoms with Gasteiger partial charge in [0.1, 0.15) is 5.60 Å². The maximum Gasteiger partial charge on any atom is 0.407 e. The lowest BCUT2D eigenvalue weighted by Crippen LogP contribution is -2.44. The van der Waals surface area contributed by atoms with Gasteiger partial charge in [0, 0.05) is 29.7 Å². The van der Waals surface area contributed by atoms with Crippen molar-refractivity contribution in [2.24, 2.45) is 5.92 Å². The number of carbonyl (C=O) groups is 3. The molecule has 1 heterocycles. The topological polar surface area (TPSA) is 75.7 Å². The summed E-state index contributed by atoms with van der Waals surface area (Å²) in [6, 6.07) is -0.141. The van der Waals surface area contributed by atoms with Crippen LogP contribution < -0.4 is 5.32 Å². The Morgan fingerprint density at radius 3 is 2.46 bits per heavy atom. The number of hydrogen-bond acceptors (Lipinski definition) is 6. The lowest BCUT2D eigenvalue weighted by molar-refractivity contribution is -0.137. The molecule has 26 heavy (non-hydrogen) atoms. The second kappa shape index (κ2) is 9.17. The molecule has 1 aliphatic carbocycles. The van der Waals surface area contributed by atoms with E-state index in [9.17, 15) is 14.4 Å². The number of nitrogens with zero attached hydrogens (tertiary/aromatic N) is 1. The van der Waals surface area contributed by atoms with E-state index >= 15 is 0 Å². The van der Waals surface area contributed by atoms with Crippen molar-refractivity contribution in [3.05, 3.63) is 9.81 Å². The van der Waals surface area contributed by atoms with Crippen LogP contribution >= 0.6 is 23.5 Å². The molecule has 8 heteroatoms. The minimum atomic E-state index is -0.567. The molecule has 0 aromatic rings. The van der Waals surface area contributed by atoms with Gasteiger partial charge in [-0.15, -0.1) is 23.5 Å². The van der Waals surface area contributed by atoms with E-state index < -0.39 is 11.7 Å². The van der Waals surface area contributed by atoms with Crippen molar-refractivity contribution in [3.63, 3.8) is 0 Å². The second-order valence-corrected chi connectivity index (χ2v) is 10.1. The highest BCUT2D eigenvalue weighted by molar-refractivity contribution is 8.22. The number of amides is 3. The zero-order chi connectivity index (χ0) is 19.3. The molecule has 0 aromatic carbocycles. The van der Waals surface area contributed by atoms with Gasteiger partial charge in [-0.2, -0.15) is 0 Å². The van der Waals surface area contributed by atoms with Gasteiger partial charge in [0.15, 0.2) is 0 Å². The average molecular weight is 401 g/mol. The highest BCUT2D eigenvalue weighted by atomic mass is 32.2. The molecule has 1 saturated carbocycles. The first kappa shape index (κ1) is 21.2. The third-order valence-electron chi connectivity index (χ3n) is 4.25. The summed E-state index contributed by atoms with van der Waals surface area (Å²) in [4.78, 5) is 36.2. The molecule has 146 valence electrons. The monoisotopic (exact) mass is 400 g/mol. The van der Waals surface area contributed by atoms with Crippen LogP contribution in [0.4, 0.5) is 4.79 Å². The smallest absolute Gasteiger partial charge is 0.407 e. The molecular weight excluding hydrogens is 372 g/mol. The van der Waals surface area contributed by atoms with Gasteiger partial charge >= 0.3 is 6.09 Å². The van der Waals surface area contributed by atoms with Crippen molar-refractivity contribution in [1.29, 1.82) is 0 Å². The van der Waals surface area contributed by atoms with E-state index in [-0.39, 0.29) is 17.9 Å². The van der Waals surface area contributed by atoms with Gasteiger partial charge in [0.25, 0.3) is 0 Å². The summed E-state index contributed by atoms with van der Waals surface area (Å²) >= 11 is 3.75. The molecule has 2 atom stereocenters. The van der Waals surface area contributed by atoms with Crippen molar-refractivity contribution in [3.8, 4) is 0 Å². The van der Waals surface area contributed by atoms with Gasteiger partial charge in [0.05, 0.1) is 0 Å². The highest BCUT2D eigenvalue weighted by Crippen LogP contribution is 2.44. The molecule has 1 aliphatic heterocycles. The summed E-state index contributed by atoms with van der Waals surface area (Å²) in [6.07, 6.45) is 2.85.